The molecule has 1 atom stereocenters. The number of allylic oxidation sites excluding steroid dienone is 1. The molecule has 0 radical (unpaired) electrons. The van der Waals surface area contributed by atoms with Crippen LogP contribution in [-0.4, -0.2) is 18.0 Å². The first-order valence-corrected chi connectivity index (χ1v) is 7.08. The molecule has 0 unspecified atom stereocenters. The standard InChI is InChI=1S/C15H16N2O2S/c1-19-12-8-3-2-5-9(12)14-13-10(16-15(20)17-14)6-4-7-11(13)18/h2-3,5,8,14H,4,6-7H2,1H3,(H2,16,17,20)/t14-/m0/s1. The van der Waals surface area contributed by atoms with Crippen molar-refractivity contribution in [2.45, 2.75) is 25.3 Å². The van der Waals surface area contributed by atoms with E-state index in [2.05, 4.69) is 10.6 Å². The zero-order valence-corrected chi connectivity index (χ0v) is 12.0. The fraction of sp³-hybridized carbons (Fsp3) is 0.333. The summed E-state index contributed by atoms with van der Waals surface area (Å²) in [5, 5.41) is 6.89. The van der Waals surface area contributed by atoms with Gasteiger partial charge in [-0.25, -0.2) is 0 Å². The van der Waals surface area contributed by atoms with Crippen LogP contribution in [0, 0.1) is 0 Å². The lowest BCUT2D eigenvalue weighted by Gasteiger charge is -2.34. The lowest BCUT2D eigenvalue weighted by Crippen LogP contribution is -2.46. The van der Waals surface area contributed by atoms with Crippen molar-refractivity contribution in [3.63, 3.8) is 0 Å². The second kappa shape index (κ2) is 5.25. The predicted octanol–water partition coefficient (Wildman–Crippen LogP) is 2.22. The molecule has 0 saturated carbocycles. The number of nitrogens with one attached hydrogen (secondary N) is 2. The van der Waals surface area contributed by atoms with Gasteiger partial charge in [-0.05, 0) is 31.1 Å². The van der Waals surface area contributed by atoms with E-state index in [0.717, 1.165) is 35.4 Å². The number of ether oxygens (including phenoxy) is 1. The largest absolute Gasteiger partial charge is 0.496 e. The van der Waals surface area contributed by atoms with E-state index in [1.165, 1.54) is 0 Å². The number of para-hydroxylation sites is 1. The van der Waals surface area contributed by atoms with Crippen molar-refractivity contribution in [1.29, 1.82) is 0 Å². The van der Waals surface area contributed by atoms with Crippen LogP contribution in [0.4, 0.5) is 0 Å². The summed E-state index contributed by atoms with van der Waals surface area (Å²) in [7, 11) is 1.64. The molecule has 1 aromatic rings. The molecule has 0 spiro atoms. The van der Waals surface area contributed by atoms with E-state index >= 15 is 0 Å². The molecule has 1 aromatic carbocycles. The average Bonchev–Trinajstić information content (AvgIpc) is 2.46. The monoisotopic (exact) mass is 288 g/mol. The molecule has 1 aliphatic heterocycles. The van der Waals surface area contributed by atoms with Crippen LogP contribution in [0.15, 0.2) is 35.5 Å². The Morgan fingerprint density at radius 2 is 2.10 bits per heavy atom. The molecule has 4 nitrogen and oxygen atoms in total. The lowest BCUT2D eigenvalue weighted by molar-refractivity contribution is -0.116. The molecule has 0 saturated heterocycles. The fourth-order valence-corrected chi connectivity index (χ4v) is 3.08. The van der Waals surface area contributed by atoms with E-state index < -0.39 is 0 Å². The zero-order chi connectivity index (χ0) is 14.1. The fourth-order valence-electron chi connectivity index (χ4n) is 2.84. The summed E-state index contributed by atoms with van der Waals surface area (Å²) in [4.78, 5) is 12.3. The minimum atomic E-state index is -0.220. The van der Waals surface area contributed by atoms with E-state index in [1.807, 2.05) is 24.3 Å². The van der Waals surface area contributed by atoms with Crippen LogP contribution in [-0.2, 0) is 4.79 Å². The first-order chi connectivity index (χ1) is 9.70. The number of thiocarbonyl (C=S) groups is 1. The van der Waals surface area contributed by atoms with Crippen molar-refractivity contribution in [3.8, 4) is 5.75 Å². The number of carbonyl (C=O) groups excluding carboxylic acids is 1. The Hall–Kier alpha value is -1.88. The first kappa shape index (κ1) is 13.1. The molecule has 3 rings (SSSR count). The van der Waals surface area contributed by atoms with E-state index in [0.29, 0.717) is 11.5 Å². The molecule has 1 heterocycles. The highest BCUT2D eigenvalue weighted by molar-refractivity contribution is 7.80. The minimum Gasteiger partial charge on any atom is -0.496 e. The molecule has 0 aromatic heterocycles. The Kier molecular flexibility index (Phi) is 3.44. The molecule has 0 fully saturated rings. The van der Waals surface area contributed by atoms with Crippen LogP contribution < -0.4 is 15.4 Å². The van der Waals surface area contributed by atoms with Gasteiger partial charge >= 0.3 is 0 Å². The third kappa shape index (κ3) is 2.18. The number of ketones is 1. The normalized spacial score (nSPS) is 21.9. The van der Waals surface area contributed by atoms with Crippen LogP contribution in [0.3, 0.4) is 0 Å². The number of hydrogen-bond donors (Lipinski definition) is 2. The van der Waals surface area contributed by atoms with E-state index in [1.54, 1.807) is 7.11 Å². The maximum Gasteiger partial charge on any atom is 0.171 e. The molecule has 0 amide bonds. The van der Waals surface area contributed by atoms with Crippen molar-refractivity contribution in [2.24, 2.45) is 0 Å². The van der Waals surface area contributed by atoms with Crippen molar-refractivity contribution < 1.29 is 9.53 Å². The minimum absolute atomic E-state index is 0.185. The van der Waals surface area contributed by atoms with Crippen LogP contribution in [0.25, 0.3) is 0 Å². The smallest absolute Gasteiger partial charge is 0.171 e. The van der Waals surface area contributed by atoms with Gasteiger partial charge in [0.15, 0.2) is 10.9 Å². The van der Waals surface area contributed by atoms with Gasteiger partial charge in [0.1, 0.15) is 5.75 Å². The Morgan fingerprint density at radius 3 is 2.90 bits per heavy atom. The average molecular weight is 288 g/mol. The first-order valence-electron chi connectivity index (χ1n) is 6.67. The third-order valence-electron chi connectivity index (χ3n) is 3.73. The highest BCUT2D eigenvalue weighted by Crippen LogP contribution is 2.36. The van der Waals surface area contributed by atoms with E-state index in [4.69, 9.17) is 17.0 Å². The predicted molar refractivity (Wildman–Crippen MR) is 80.5 cm³/mol. The number of hydrogen-bond acceptors (Lipinski definition) is 3. The maximum absolute atomic E-state index is 12.3. The number of rotatable bonds is 2. The molecule has 5 heteroatoms. The topological polar surface area (TPSA) is 50.4 Å². The highest BCUT2D eigenvalue weighted by Gasteiger charge is 2.34. The van der Waals surface area contributed by atoms with Gasteiger partial charge in [-0.3, -0.25) is 4.79 Å². The van der Waals surface area contributed by atoms with Crippen LogP contribution in [0.5, 0.6) is 5.75 Å². The number of Topliss-reactive ketones (excluding diaryl/α,β-unsaturated/α-hetero) is 1. The molecular weight excluding hydrogens is 272 g/mol. The Labute approximate surface area is 123 Å². The van der Waals surface area contributed by atoms with Crippen molar-refractivity contribution >= 4 is 23.1 Å². The third-order valence-corrected chi connectivity index (χ3v) is 3.95. The Bertz CT molecular complexity index is 610. The van der Waals surface area contributed by atoms with E-state index in [-0.39, 0.29) is 11.8 Å². The number of methoxy groups -OCH3 is 1. The number of carbonyl (C=O) groups is 1. The van der Waals surface area contributed by atoms with Gasteiger partial charge < -0.3 is 15.4 Å². The summed E-state index contributed by atoms with van der Waals surface area (Å²) in [6, 6.07) is 7.51. The number of benzene rings is 1. The van der Waals surface area contributed by atoms with Crippen molar-refractivity contribution in [1.82, 2.24) is 10.6 Å². The van der Waals surface area contributed by atoms with Crippen molar-refractivity contribution in [3.05, 3.63) is 41.1 Å². The van der Waals surface area contributed by atoms with Gasteiger partial charge in [0.2, 0.25) is 0 Å². The molecule has 104 valence electrons. The summed E-state index contributed by atoms with van der Waals surface area (Å²) in [6.07, 6.45) is 2.35. The summed E-state index contributed by atoms with van der Waals surface area (Å²) in [5.74, 6) is 0.949. The van der Waals surface area contributed by atoms with E-state index in [9.17, 15) is 4.79 Å². The summed E-state index contributed by atoms with van der Waals surface area (Å²) >= 11 is 5.26. The SMILES string of the molecule is COc1ccccc1[C@@H]1NC(=S)NC2=C1C(=O)CCC2. The van der Waals surface area contributed by atoms with Crippen LogP contribution >= 0.6 is 12.2 Å². The van der Waals surface area contributed by atoms with Gasteiger partial charge in [0.05, 0.1) is 13.2 Å². The highest BCUT2D eigenvalue weighted by atomic mass is 32.1. The van der Waals surface area contributed by atoms with Gasteiger partial charge in [-0.2, -0.15) is 0 Å². The quantitative estimate of drug-likeness (QED) is 0.817. The zero-order valence-electron chi connectivity index (χ0n) is 11.2. The van der Waals surface area contributed by atoms with Crippen LogP contribution in [0.1, 0.15) is 30.9 Å². The van der Waals surface area contributed by atoms with Gasteiger partial charge in [0.25, 0.3) is 0 Å². The molecule has 2 N–H and O–H groups in total. The lowest BCUT2D eigenvalue weighted by atomic mass is 9.85. The summed E-state index contributed by atoms with van der Waals surface area (Å²) < 4.78 is 5.41. The second-order valence-electron chi connectivity index (χ2n) is 4.94. The Balaban J connectivity index is 2.11. The van der Waals surface area contributed by atoms with Crippen molar-refractivity contribution in [2.75, 3.05) is 7.11 Å². The second-order valence-corrected chi connectivity index (χ2v) is 5.35. The molecule has 1 aliphatic carbocycles. The summed E-state index contributed by atoms with van der Waals surface area (Å²) in [5.41, 5.74) is 2.71. The van der Waals surface area contributed by atoms with Gasteiger partial charge in [-0.1, -0.05) is 18.2 Å². The van der Waals surface area contributed by atoms with Crippen LogP contribution in [0.2, 0.25) is 0 Å². The van der Waals surface area contributed by atoms with Gasteiger partial charge in [0, 0.05) is 23.3 Å². The maximum atomic E-state index is 12.3. The Morgan fingerprint density at radius 1 is 1.30 bits per heavy atom. The molecule has 0 bridgehead atoms. The summed E-state index contributed by atoms with van der Waals surface area (Å²) in [6.45, 7) is 0. The molecule has 2 aliphatic rings. The molecular formula is C15H16N2O2S. The molecule has 20 heavy (non-hydrogen) atoms. The van der Waals surface area contributed by atoms with Gasteiger partial charge in [-0.15, -0.1) is 0 Å².